The second-order valence-electron chi connectivity index (χ2n) is 8.52. The summed E-state index contributed by atoms with van der Waals surface area (Å²) in [7, 11) is 1.57. The second-order valence-corrected chi connectivity index (χ2v) is 9.60. The van der Waals surface area contributed by atoms with Crippen LogP contribution in [0.3, 0.4) is 0 Å². The molecule has 1 aromatic carbocycles. The number of fused-ring (bicyclic) bond motifs is 3. The minimum Gasteiger partial charge on any atom is -0.481 e. The highest BCUT2D eigenvalue weighted by molar-refractivity contribution is 14.1. The zero-order valence-electron chi connectivity index (χ0n) is 16.2. The van der Waals surface area contributed by atoms with E-state index in [-0.39, 0.29) is 11.3 Å². The van der Waals surface area contributed by atoms with Crippen LogP contribution in [0, 0.1) is 14.9 Å². The number of carboxylic acid groups (broad SMARTS) is 1. The Kier molecular flexibility index (Phi) is 5.14. The number of benzene rings is 1. The topological polar surface area (TPSA) is 58.9 Å². The third kappa shape index (κ3) is 2.77. The number of halogens is 1. The molecular formula is C21H28INO3. The molecule has 1 saturated carbocycles. The third-order valence-electron chi connectivity index (χ3n) is 6.72. The van der Waals surface area contributed by atoms with E-state index in [1.165, 1.54) is 20.3 Å². The lowest BCUT2D eigenvalue weighted by Crippen LogP contribution is -2.53. The summed E-state index contributed by atoms with van der Waals surface area (Å²) in [6.45, 7) is 8.57. The molecule has 1 N–H and O–H groups in total. The lowest BCUT2D eigenvalue weighted by Gasteiger charge is -2.53. The number of rotatable bonds is 3. The van der Waals surface area contributed by atoms with Crippen molar-refractivity contribution in [3.63, 3.8) is 0 Å². The maximum atomic E-state index is 12.2. The van der Waals surface area contributed by atoms with Crippen LogP contribution in [0.1, 0.15) is 76.0 Å². The van der Waals surface area contributed by atoms with E-state index in [2.05, 4.69) is 60.7 Å². The molecule has 3 atom stereocenters. The number of nitrogens with zero attached hydrogens (tertiary/aromatic N) is 1. The van der Waals surface area contributed by atoms with E-state index >= 15 is 0 Å². The largest absolute Gasteiger partial charge is 0.481 e. The van der Waals surface area contributed by atoms with Crippen LogP contribution in [0.5, 0.6) is 0 Å². The van der Waals surface area contributed by atoms with E-state index in [1.54, 1.807) is 7.11 Å². The molecule has 5 heteroatoms. The maximum absolute atomic E-state index is 12.2. The molecule has 3 rings (SSSR count). The first kappa shape index (κ1) is 19.6. The van der Waals surface area contributed by atoms with E-state index in [1.807, 2.05) is 6.92 Å². The number of oxime groups is 1. The third-order valence-corrected chi connectivity index (χ3v) is 7.88. The zero-order chi connectivity index (χ0) is 19.3. The van der Waals surface area contributed by atoms with Gasteiger partial charge in [0.15, 0.2) is 0 Å². The first-order valence-electron chi connectivity index (χ1n) is 9.33. The predicted molar refractivity (Wildman–Crippen MR) is 112 cm³/mol. The summed E-state index contributed by atoms with van der Waals surface area (Å²) in [6, 6.07) is 4.44. The Morgan fingerprint density at radius 2 is 2.04 bits per heavy atom. The van der Waals surface area contributed by atoms with Crippen molar-refractivity contribution in [2.75, 3.05) is 7.11 Å². The molecule has 2 aliphatic rings. The first-order valence-corrected chi connectivity index (χ1v) is 10.4. The molecule has 0 unspecified atom stereocenters. The lowest BCUT2D eigenvalue weighted by molar-refractivity contribution is -0.156. The number of carboxylic acids is 1. The van der Waals surface area contributed by atoms with Crippen LogP contribution in [0.4, 0.5) is 0 Å². The molecule has 0 amide bonds. The smallest absolute Gasteiger partial charge is 0.309 e. The van der Waals surface area contributed by atoms with Gasteiger partial charge in [0.25, 0.3) is 0 Å². The van der Waals surface area contributed by atoms with Crippen LogP contribution < -0.4 is 0 Å². The van der Waals surface area contributed by atoms with Gasteiger partial charge in [-0.2, -0.15) is 0 Å². The Hall–Kier alpha value is -1.11. The molecule has 0 aliphatic heterocycles. The van der Waals surface area contributed by atoms with Crippen molar-refractivity contribution >= 4 is 34.3 Å². The van der Waals surface area contributed by atoms with Crippen LogP contribution in [0.25, 0.3) is 0 Å². The summed E-state index contributed by atoms with van der Waals surface area (Å²) >= 11 is 2.43. The van der Waals surface area contributed by atoms with Crippen molar-refractivity contribution < 1.29 is 14.7 Å². The fraction of sp³-hybridized carbons (Fsp3) is 0.619. The predicted octanol–water partition coefficient (Wildman–Crippen LogP) is 5.32. The number of carbonyl (C=O) groups is 1. The van der Waals surface area contributed by atoms with Crippen LogP contribution in [0.15, 0.2) is 17.3 Å². The van der Waals surface area contributed by atoms with Gasteiger partial charge in [-0.15, -0.1) is 0 Å². The van der Waals surface area contributed by atoms with E-state index in [4.69, 9.17) is 4.84 Å². The normalized spacial score (nSPS) is 32.3. The van der Waals surface area contributed by atoms with Crippen molar-refractivity contribution in [1.29, 1.82) is 0 Å². The van der Waals surface area contributed by atoms with Gasteiger partial charge in [-0.1, -0.05) is 44.5 Å². The average molecular weight is 469 g/mol. The summed E-state index contributed by atoms with van der Waals surface area (Å²) in [4.78, 5) is 17.4. The van der Waals surface area contributed by atoms with E-state index in [9.17, 15) is 9.90 Å². The van der Waals surface area contributed by atoms with Crippen molar-refractivity contribution in [2.24, 2.45) is 16.5 Å². The van der Waals surface area contributed by atoms with Gasteiger partial charge >= 0.3 is 5.97 Å². The number of aliphatic carboxylic acids is 1. The average Bonchev–Trinajstić information content (AvgIpc) is 2.56. The monoisotopic (exact) mass is 469 g/mol. The molecule has 0 saturated heterocycles. The van der Waals surface area contributed by atoms with E-state index in [0.717, 1.165) is 25.0 Å². The number of hydrogen-bond donors (Lipinski definition) is 1. The van der Waals surface area contributed by atoms with Gasteiger partial charge < -0.3 is 9.94 Å². The fourth-order valence-electron chi connectivity index (χ4n) is 5.19. The van der Waals surface area contributed by atoms with Crippen LogP contribution >= 0.6 is 22.6 Å². The van der Waals surface area contributed by atoms with Gasteiger partial charge in [-0.05, 0) is 77.2 Å². The molecule has 1 fully saturated rings. The SMILES string of the molecule is CO/N=C1/C[C@H]2[C@](C)(C(=O)O)CCC[C@]2(C)c2ccc(C(C)C)c(I)c21. The summed E-state index contributed by atoms with van der Waals surface area (Å²) in [5.41, 5.74) is 3.74. The molecule has 0 spiro atoms. The molecule has 2 aliphatic carbocycles. The Labute approximate surface area is 169 Å². The molecule has 0 radical (unpaired) electrons. The zero-order valence-corrected chi connectivity index (χ0v) is 18.4. The molecule has 0 heterocycles. The van der Waals surface area contributed by atoms with Crippen molar-refractivity contribution in [3.05, 3.63) is 32.4 Å². The molecule has 4 nitrogen and oxygen atoms in total. The first-order chi connectivity index (χ1) is 12.2. The van der Waals surface area contributed by atoms with Gasteiger partial charge in [0.1, 0.15) is 7.11 Å². The van der Waals surface area contributed by atoms with Gasteiger partial charge in [0, 0.05) is 9.13 Å². The second kappa shape index (κ2) is 6.80. The molecule has 142 valence electrons. The van der Waals surface area contributed by atoms with Crippen LogP contribution in [0.2, 0.25) is 0 Å². The minimum absolute atomic E-state index is 0.0170. The quantitative estimate of drug-likeness (QED) is 0.482. The van der Waals surface area contributed by atoms with Crippen molar-refractivity contribution in [2.45, 2.75) is 64.7 Å². The molecule has 1 aromatic rings. The van der Waals surface area contributed by atoms with E-state index in [0.29, 0.717) is 12.3 Å². The highest BCUT2D eigenvalue weighted by Gasteiger charge is 2.56. The standard InChI is InChI=1S/C21H28INO3/c1-12(2)13-7-8-14-17(18(13)22)15(23-26-5)11-16-20(14,3)9-6-10-21(16,4)19(24)25/h7-8,12,16H,6,9-11H2,1-5H3,(H,24,25)/b23-15-/t16-,20-,21-/m1/s1. The van der Waals surface area contributed by atoms with E-state index < -0.39 is 11.4 Å². The Bertz CT molecular complexity index is 773. The van der Waals surface area contributed by atoms with Gasteiger partial charge in [-0.3, -0.25) is 4.79 Å². The summed E-state index contributed by atoms with van der Waals surface area (Å²) in [5, 5.41) is 14.4. The highest BCUT2D eigenvalue weighted by Crippen LogP contribution is 2.58. The maximum Gasteiger partial charge on any atom is 0.309 e. The van der Waals surface area contributed by atoms with Gasteiger partial charge in [0.2, 0.25) is 0 Å². The fourth-order valence-corrected chi connectivity index (χ4v) is 6.59. The van der Waals surface area contributed by atoms with Crippen LogP contribution in [-0.2, 0) is 15.0 Å². The van der Waals surface area contributed by atoms with Gasteiger partial charge in [0.05, 0.1) is 11.1 Å². The van der Waals surface area contributed by atoms with Crippen LogP contribution in [-0.4, -0.2) is 23.9 Å². The highest BCUT2D eigenvalue weighted by atomic mass is 127. The Morgan fingerprint density at radius 1 is 1.35 bits per heavy atom. The molecule has 0 aromatic heterocycles. The summed E-state index contributed by atoms with van der Waals surface area (Å²) < 4.78 is 1.23. The van der Waals surface area contributed by atoms with Crippen molar-refractivity contribution in [3.8, 4) is 0 Å². The molecule has 0 bridgehead atoms. The minimum atomic E-state index is -0.735. The lowest BCUT2D eigenvalue weighted by atomic mass is 9.49. The summed E-state index contributed by atoms with van der Waals surface area (Å²) in [6.07, 6.45) is 3.33. The Balaban J connectivity index is 2.28. The Morgan fingerprint density at radius 3 is 2.62 bits per heavy atom. The number of hydrogen-bond acceptors (Lipinski definition) is 3. The van der Waals surface area contributed by atoms with Crippen molar-refractivity contribution in [1.82, 2.24) is 0 Å². The molecule has 26 heavy (non-hydrogen) atoms. The molecular weight excluding hydrogens is 441 g/mol. The van der Waals surface area contributed by atoms with Gasteiger partial charge in [-0.25, -0.2) is 0 Å². The summed E-state index contributed by atoms with van der Waals surface area (Å²) in [5.74, 6) is -0.248.